The van der Waals surface area contributed by atoms with E-state index < -0.39 is 0 Å². The molecule has 1 fully saturated rings. The molecule has 1 aliphatic heterocycles. The fraction of sp³-hybridized carbons (Fsp3) is 0.533. The molecule has 4 N–H and O–H groups in total. The normalized spacial score (nSPS) is 16.2. The van der Waals surface area contributed by atoms with E-state index in [1.165, 1.54) is 0 Å². The van der Waals surface area contributed by atoms with Crippen LogP contribution in [0.15, 0.2) is 24.3 Å². The number of carbonyl (C=O) groups is 1. The molecule has 5 nitrogen and oxygen atoms in total. The Morgan fingerprint density at radius 1 is 1.36 bits per heavy atom. The first-order chi connectivity index (χ1) is 9.61. The van der Waals surface area contributed by atoms with Gasteiger partial charge in [-0.05, 0) is 25.0 Å². The highest BCUT2D eigenvalue weighted by Gasteiger charge is 2.20. The van der Waals surface area contributed by atoms with Gasteiger partial charge in [0.1, 0.15) is 0 Å². The summed E-state index contributed by atoms with van der Waals surface area (Å²) in [6, 6.07) is 7.77. The van der Waals surface area contributed by atoms with E-state index in [1.54, 1.807) is 0 Å². The number of hydrogen-bond acceptors (Lipinski definition) is 4. The van der Waals surface area contributed by atoms with Gasteiger partial charge in [-0.2, -0.15) is 0 Å². The molecule has 7 heteroatoms. The highest BCUT2D eigenvalue weighted by atomic mass is 35.5. The Hall–Kier alpha value is -1.01. The molecule has 22 heavy (non-hydrogen) atoms. The predicted molar refractivity (Wildman–Crippen MR) is 95.2 cm³/mol. The lowest BCUT2D eigenvalue weighted by molar-refractivity contribution is -0.119. The van der Waals surface area contributed by atoms with Crippen molar-refractivity contribution >= 4 is 42.1 Å². The number of rotatable bonds is 4. The number of amides is 1. The zero-order chi connectivity index (χ0) is 14.5. The largest absolute Gasteiger partial charge is 0.393 e. The number of aliphatic hydroxyl groups is 1. The summed E-state index contributed by atoms with van der Waals surface area (Å²) in [4.78, 5) is 14.2. The summed E-state index contributed by atoms with van der Waals surface area (Å²) < 4.78 is 0. The van der Waals surface area contributed by atoms with E-state index in [-0.39, 0.29) is 42.7 Å². The van der Waals surface area contributed by atoms with Crippen LogP contribution in [0.1, 0.15) is 19.8 Å². The molecule has 0 radical (unpaired) electrons. The van der Waals surface area contributed by atoms with Crippen molar-refractivity contribution < 1.29 is 9.90 Å². The van der Waals surface area contributed by atoms with Crippen LogP contribution in [0.4, 0.5) is 11.4 Å². The Morgan fingerprint density at radius 3 is 2.55 bits per heavy atom. The number of para-hydroxylation sites is 2. The number of nitrogens with zero attached hydrogens (tertiary/aromatic N) is 1. The van der Waals surface area contributed by atoms with Gasteiger partial charge in [-0.1, -0.05) is 19.1 Å². The van der Waals surface area contributed by atoms with E-state index in [0.29, 0.717) is 6.54 Å². The third-order valence-electron chi connectivity index (χ3n) is 3.77. The zero-order valence-electron chi connectivity index (χ0n) is 12.7. The van der Waals surface area contributed by atoms with Gasteiger partial charge in [0.05, 0.1) is 17.5 Å². The third kappa shape index (κ3) is 5.32. The molecule has 1 aromatic carbocycles. The fourth-order valence-corrected chi connectivity index (χ4v) is 2.32. The van der Waals surface area contributed by atoms with Crippen LogP contribution in [-0.4, -0.2) is 36.8 Å². The minimum Gasteiger partial charge on any atom is -0.393 e. The Balaban J connectivity index is 0.00000220. The van der Waals surface area contributed by atoms with E-state index in [2.05, 4.69) is 10.2 Å². The number of nitrogens with two attached hydrogens (primary N) is 1. The summed E-state index contributed by atoms with van der Waals surface area (Å²) in [5.74, 6) is -0.261. The van der Waals surface area contributed by atoms with Gasteiger partial charge in [0, 0.05) is 25.6 Å². The number of hydrogen-bond donors (Lipinski definition) is 3. The van der Waals surface area contributed by atoms with Crippen molar-refractivity contribution in [1.82, 2.24) is 0 Å². The van der Waals surface area contributed by atoms with Gasteiger partial charge in [0.25, 0.3) is 0 Å². The first-order valence-electron chi connectivity index (χ1n) is 7.14. The van der Waals surface area contributed by atoms with Crippen LogP contribution in [0.3, 0.4) is 0 Å². The second-order valence-electron chi connectivity index (χ2n) is 5.36. The maximum absolute atomic E-state index is 12.0. The molecule has 2 rings (SSSR count). The van der Waals surface area contributed by atoms with Gasteiger partial charge < -0.3 is 21.1 Å². The van der Waals surface area contributed by atoms with Crippen molar-refractivity contribution in [3.63, 3.8) is 0 Å². The van der Waals surface area contributed by atoms with Crippen LogP contribution in [-0.2, 0) is 4.79 Å². The number of aliphatic hydroxyl groups excluding tert-OH is 1. The summed E-state index contributed by atoms with van der Waals surface area (Å²) >= 11 is 0. The minimum absolute atomic E-state index is 0. The van der Waals surface area contributed by atoms with Crippen molar-refractivity contribution in [3.8, 4) is 0 Å². The molecule has 0 spiro atoms. The van der Waals surface area contributed by atoms with E-state index >= 15 is 0 Å². The molecule has 126 valence electrons. The second-order valence-corrected chi connectivity index (χ2v) is 5.36. The molecule has 1 amide bonds. The minimum atomic E-state index is -0.203. The molecular weight excluding hydrogens is 325 g/mol. The summed E-state index contributed by atoms with van der Waals surface area (Å²) in [5.41, 5.74) is 7.35. The van der Waals surface area contributed by atoms with Gasteiger partial charge in [0.2, 0.25) is 5.91 Å². The Labute approximate surface area is 144 Å². The second kappa shape index (κ2) is 9.90. The van der Waals surface area contributed by atoms with E-state index in [0.717, 1.165) is 37.3 Å². The molecule has 0 bridgehead atoms. The van der Waals surface area contributed by atoms with Crippen molar-refractivity contribution in [2.75, 3.05) is 29.9 Å². The van der Waals surface area contributed by atoms with E-state index in [9.17, 15) is 9.90 Å². The molecule has 1 saturated heterocycles. The molecule has 1 heterocycles. The lowest BCUT2D eigenvalue weighted by Gasteiger charge is -2.33. The van der Waals surface area contributed by atoms with E-state index in [4.69, 9.17) is 5.73 Å². The molecule has 0 aliphatic carbocycles. The number of benzene rings is 1. The first kappa shape index (κ1) is 21.0. The summed E-state index contributed by atoms with van der Waals surface area (Å²) in [5, 5.41) is 12.5. The molecule has 1 atom stereocenters. The van der Waals surface area contributed by atoms with Crippen molar-refractivity contribution in [2.45, 2.75) is 25.9 Å². The van der Waals surface area contributed by atoms with Crippen LogP contribution in [0.25, 0.3) is 0 Å². The van der Waals surface area contributed by atoms with Crippen LogP contribution >= 0.6 is 24.8 Å². The number of anilines is 2. The quantitative estimate of drug-likeness (QED) is 0.776. The standard InChI is InChI=1S/C15H23N3O2.2ClH/c1-11(10-16)15(20)17-13-4-2-3-5-14(13)18-8-6-12(19)7-9-18;;/h2-5,11-12,19H,6-10,16H2,1H3,(H,17,20);2*1H. The van der Waals surface area contributed by atoms with Crippen LogP contribution < -0.4 is 16.0 Å². The van der Waals surface area contributed by atoms with Crippen molar-refractivity contribution in [2.24, 2.45) is 11.7 Å². The molecule has 1 unspecified atom stereocenters. The van der Waals surface area contributed by atoms with E-state index in [1.807, 2.05) is 31.2 Å². The average Bonchev–Trinajstić information content (AvgIpc) is 2.48. The number of carbonyl (C=O) groups excluding carboxylic acids is 1. The number of piperidine rings is 1. The highest BCUT2D eigenvalue weighted by Crippen LogP contribution is 2.28. The Bertz CT molecular complexity index is 466. The molecular formula is C15H25Cl2N3O2. The lowest BCUT2D eigenvalue weighted by atomic mass is 10.1. The Morgan fingerprint density at radius 2 is 1.95 bits per heavy atom. The van der Waals surface area contributed by atoms with Gasteiger partial charge >= 0.3 is 0 Å². The average molecular weight is 350 g/mol. The van der Waals surface area contributed by atoms with Gasteiger partial charge in [-0.25, -0.2) is 0 Å². The summed E-state index contributed by atoms with van der Waals surface area (Å²) in [6.07, 6.45) is 1.33. The molecule has 1 aromatic rings. The monoisotopic (exact) mass is 349 g/mol. The van der Waals surface area contributed by atoms with Gasteiger partial charge in [-0.3, -0.25) is 4.79 Å². The SMILES string of the molecule is CC(CN)C(=O)Nc1ccccc1N1CCC(O)CC1.Cl.Cl. The van der Waals surface area contributed by atoms with Crippen LogP contribution in [0.2, 0.25) is 0 Å². The number of halogens is 2. The maximum Gasteiger partial charge on any atom is 0.228 e. The van der Waals surface area contributed by atoms with Gasteiger partial charge in [0.15, 0.2) is 0 Å². The zero-order valence-corrected chi connectivity index (χ0v) is 14.3. The number of nitrogens with one attached hydrogen (secondary N) is 1. The summed E-state index contributed by atoms with van der Waals surface area (Å²) in [7, 11) is 0. The summed E-state index contributed by atoms with van der Waals surface area (Å²) in [6.45, 7) is 3.76. The van der Waals surface area contributed by atoms with Crippen LogP contribution in [0.5, 0.6) is 0 Å². The third-order valence-corrected chi connectivity index (χ3v) is 3.77. The van der Waals surface area contributed by atoms with Gasteiger partial charge in [-0.15, -0.1) is 24.8 Å². The molecule has 0 aromatic heterocycles. The highest BCUT2D eigenvalue weighted by molar-refractivity contribution is 5.95. The fourth-order valence-electron chi connectivity index (χ4n) is 2.32. The molecule has 1 aliphatic rings. The van der Waals surface area contributed by atoms with Crippen LogP contribution in [0, 0.1) is 5.92 Å². The smallest absolute Gasteiger partial charge is 0.228 e. The van der Waals surface area contributed by atoms with Crippen molar-refractivity contribution in [3.05, 3.63) is 24.3 Å². The first-order valence-corrected chi connectivity index (χ1v) is 7.14. The maximum atomic E-state index is 12.0. The molecule has 0 saturated carbocycles. The van der Waals surface area contributed by atoms with Crippen molar-refractivity contribution in [1.29, 1.82) is 0 Å². The predicted octanol–water partition coefficient (Wildman–Crippen LogP) is 2.02. The topological polar surface area (TPSA) is 78.6 Å². The Kier molecular flexibility index (Phi) is 9.44. The lowest BCUT2D eigenvalue weighted by Crippen LogP contribution is -2.36.